The van der Waals surface area contributed by atoms with Gasteiger partial charge in [-0.15, -0.1) is 0 Å². The molecule has 0 saturated heterocycles. The first kappa shape index (κ1) is 20.0. The van der Waals surface area contributed by atoms with E-state index in [1.807, 2.05) is 60.7 Å². The van der Waals surface area contributed by atoms with Gasteiger partial charge in [-0.3, -0.25) is 14.2 Å². The second-order valence-corrected chi connectivity index (χ2v) is 8.34. The number of carbonyl (C=O) groups excluding carboxylic acids is 1. The minimum Gasteiger partial charge on any atom is -0.465 e. The Morgan fingerprint density at radius 2 is 1.78 bits per heavy atom. The van der Waals surface area contributed by atoms with Gasteiger partial charge in [-0.25, -0.2) is 4.99 Å². The van der Waals surface area contributed by atoms with Gasteiger partial charge >= 0.3 is 0 Å². The number of thiazole rings is 1. The van der Waals surface area contributed by atoms with E-state index in [1.165, 1.54) is 11.3 Å². The number of amides is 1. The molecule has 1 aliphatic rings. The molecule has 0 bridgehead atoms. The zero-order chi connectivity index (χ0) is 22.1. The van der Waals surface area contributed by atoms with Crippen LogP contribution >= 0.6 is 11.3 Å². The third-order valence-corrected chi connectivity index (χ3v) is 6.21. The van der Waals surface area contributed by atoms with E-state index >= 15 is 0 Å². The molecule has 5 rings (SSSR count). The lowest BCUT2D eigenvalue weighted by atomic mass is 9.95. The number of nitrogens with one attached hydrogen (secondary N) is 1. The molecule has 1 unspecified atom stereocenters. The Bertz CT molecular complexity index is 1480. The van der Waals surface area contributed by atoms with Gasteiger partial charge in [-0.2, -0.15) is 0 Å². The topological polar surface area (TPSA) is 76.6 Å². The van der Waals surface area contributed by atoms with Crippen molar-refractivity contribution in [2.45, 2.75) is 13.0 Å². The van der Waals surface area contributed by atoms with Crippen LogP contribution in [-0.2, 0) is 4.79 Å². The number of allylic oxidation sites excluding steroid dienone is 1. The quantitative estimate of drug-likeness (QED) is 0.527. The summed E-state index contributed by atoms with van der Waals surface area (Å²) in [6.45, 7) is 1.81. The number of furan rings is 1. The van der Waals surface area contributed by atoms with Crippen molar-refractivity contribution in [1.29, 1.82) is 0 Å². The fourth-order valence-corrected chi connectivity index (χ4v) is 4.81. The van der Waals surface area contributed by atoms with E-state index in [9.17, 15) is 9.59 Å². The van der Waals surface area contributed by atoms with Crippen LogP contribution in [0.2, 0.25) is 0 Å². The molecule has 7 heteroatoms. The number of para-hydroxylation sites is 1. The lowest BCUT2D eigenvalue weighted by Gasteiger charge is -2.25. The highest BCUT2D eigenvalue weighted by Gasteiger charge is 2.32. The summed E-state index contributed by atoms with van der Waals surface area (Å²) in [4.78, 5) is 32.0. The van der Waals surface area contributed by atoms with Crippen molar-refractivity contribution in [2.24, 2.45) is 4.99 Å². The summed E-state index contributed by atoms with van der Waals surface area (Å²) in [7, 11) is 0. The van der Waals surface area contributed by atoms with E-state index in [0.29, 0.717) is 32.1 Å². The number of aromatic nitrogens is 1. The van der Waals surface area contributed by atoms with E-state index in [0.717, 1.165) is 5.56 Å². The van der Waals surface area contributed by atoms with Gasteiger partial charge in [0, 0.05) is 11.8 Å². The number of anilines is 1. The lowest BCUT2D eigenvalue weighted by molar-refractivity contribution is -0.113. The maximum absolute atomic E-state index is 13.4. The molecule has 0 radical (unpaired) electrons. The summed E-state index contributed by atoms with van der Waals surface area (Å²) in [5.41, 5.74) is 2.33. The van der Waals surface area contributed by atoms with Gasteiger partial charge in [0.2, 0.25) is 0 Å². The van der Waals surface area contributed by atoms with Gasteiger partial charge < -0.3 is 9.73 Å². The van der Waals surface area contributed by atoms with E-state index in [2.05, 4.69) is 10.3 Å². The highest BCUT2D eigenvalue weighted by Crippen LogP contribution is 2.30. The first-order valence-corrected chi connectivity index (χ1v) is 10.9. The Kier molecular flexibility index (Phi) is 5.17. The van der Waals surface area contributed by atoms with Gasteiger partial charge in [0.05, 0.1) is 28.1 Å². The van der Waals surface area contributed by atoms with Crippen LogP contribution in [0.4, 0.5) is 5.69 Å². The fourth-order valence-electron chi connectivity index (χ4n) is 3.79. The third-order valence-electron chi connectivity index (χ3n) is 5.23. The van der Waals surface area contributed by atoms with Crippen LogP contribution in [-0.4, -0.2) is 10.5 Å². The molecule has 0 saturated carbocycles. The standard InChI is InChI=1S/C25H19N3O3S/c1-16-21(23(29)27-18-11-6-3-7-12-18)22(17-9-4-2-5-10-17)28-24(30)20(32-25(28)26-16)15-19-13-8-14-31-19/h2-15,22H,1H3,(H,27,29)/b20-15-. The van der Waals surface area contributed by atoms with Gasteiger partial charge in [0.1, 0.15) is 5.76 Å². The molecule has 1 aliphatic heterocycles. The molecule has 0 spiro atoms. The van der Waals surface area contributed by atoms with E-state index < -0.39 is 6.04 Å². The van der Waals surface area contributed by atoms with Crippen LogP contribution in [0.3, 0.4) is 0 Å². The molecule has 4 aromatic rings. The SMILES string of the molecule is CC1=C(C(=O)Nc2ccccc2)C(c2ccccc2)n2c(s/c(=C\c3ccco3)c2=O)=N1. The number of hydrogen-bond donors (Lipinski definition) is 1. The number of hydrogen-bond acceptors (Lipinski definition) is 5. The molecule has 1 atom stereocenters. The van der Waals surface area contributed by atoms with Crippen molar-refractivity contribution in [1.82, 2.24) is 4.57 Å². The Labute approximate surface area is 187 Å². The molecule has 3 heterocycles. The Morgan fingerprint density at radius 1 is 1.06 bits per heavy atom. The molecule has 2 aromatic heterocycles. The minimum absolute atomic E-state index is 0.212. The van der Waals surface area contributed by atoms with Gasteiger partial charge in [-0.05, 0) is 36.8 Å². The van der Waals surface area contributed by atoms with Gasteiger partial charge in [-0.1, -0.05) is 59.9 Å². The molecular formula is C25H19N3O3S. The average molecular weight is 442 g/mol. The lowest BCUT2D eigenvalue weighted by Crippen LogP contribution is -2.40. The molecular weight excluding hydrogens is 422 g/mol. The van der Waals surface area contributed by atoms with Crippen molar-refractivity contribution in [3.63, 3.8) is 0 Å². The molecule has 2 aromatic carbocycles. The largest absolute Gasteiger partial charge is 0.465 e. The summed E-state index contributed by atoms with van der Waals surface area (Å²) in [5.74, 6) is 0.302. The maximum Gasteiger partial charge on any atom is 0.271 e. The summed E-state index contributed by atoms with van der Waals surface area (Å²) < 4.78 is 7.48. The number of benzene rings is 2. The van der Waals surface area contributed by atoms with Crippen LogP contribution in [0.25, 0.3) is 6.08 Å². The number of fused-ring (bicyclic) bond motifs is 1. The van der Waals surface area contributed by atoms with Crippen molar-refractivity contribution in [3.05, 3.63) is 121 Å². The van der Waals surface area contributed by atoms with E-state index in [1.54, 1.807) is 36.0 Å². The number of nitrogens with zero attached hydrogens (tertiary/aromatic N) is 2. The van der Waals surface area contributed by atoms with Crippen LogP contribution < -0.4 is 20.2 Å². The van der Waals surface area contributed by atoms with Crippen LogP contribution in [0.15, 0.2) is 105 Å². The van der Waals surface area contributed by atoms with Crippen LogP contribution in [0.1, 0.15) is 24.3 Å². The first-order valence-electron chi connectivity index (χ1n) is 10.1. The summed E-state index contributed by atoms with van der Waals surface area (Å²) >= 11 is 1.28. The number of rotatable bonds is 4. The Balaban J connectivity index is 1.68. The predicted molar refractivity (Wildman–Crippen MR) is 124 cm³/mol. The zero-order valence-corrected chi connectivity index (χ0v) is 18.0. The van der Waals surface area contributed by atoms with Gasteiger partial charge in [0.15, 0.2) is 4.80 Å². The summed E-state index contributed by atoms with van der Waals surface area (Å²) in [6.07, 6.45) is 3.26. The van der Waals surface area contributed by atoms with Gasteiger partial charge in [0.25, 0.3) is 11.5 Å². The molecule has 1 N–H and O–H groups in total. The molecule has 0 fully saturated rings. The van der Waals surface area contributed by atoms with Crippen LogP contribution in [0, 0.1) is 0 Å². The molecule has 1 amide bonds. The second kappa shape index (κ2) is 8.28. The smallest absolute Gasteiger partial charge is 0.271 e. The summed E-state index contributed by atoms with van der Waals surface area (Å²) in [6, 6.07) is 21.8. The van der Waals surface area contributed by atoms with Crippen LogP contribution in [0.5, 0.6) is 0 Å². The highest BCUT2D eigenvalue weighted by molar-refractivity contribution is 7.07. The number of carbonyl (C=O) groups is 1. The first-order chi connectivity index (χ1) is 15.6. The van der Waals surface area contributed by atoms with E-state index in [4.69, 9.17) is 4.42 Å². The second-order valence-electron chi connectivity index (χ2n) is 7.33. The zero-order valence-electron chi connectivity index (χ0n) is 17.2. The molecule has 0 aliphatic carbocycles. The monoisotopic (exact) mass is 441 g/mol. The minimum atomic E-state index is -0.588. The fraction of sp³-hybridized carbons (Fsp3) is 0.0800. The molecule has 32 heavy (non-hydrogen) atoms. The van der Waals surface area contributed by atoms with E-state index in [-0.39, 0.29) is 11.5 Å². The molecule has 158 valence electrons. The Hall–Kier alpha value is -3.97. The molecule has 6 nitrogen and oxygen atoms in total. The van der Waals surface area contributed by atoms with Crippen molar-refractivity contribution in [2.75, 3.05) is 5.32 Å². The summed E-state index contributed by atoms with van der Waals surface area (Å²) in [5, 5.41) is 2.94. The third kappa shape index (κ3) is 3.63. The van der Waals surface area contributed by atoms with Crippen molar-refractivity contribution < 1.29 is 9.21 Å². The Morgan fingerprint density at radius 3 is 2.47 bits per heavy atom. The average Bonchev–Trinajstić information content (AvgIpc) is 3.42. The van der Waals surface area contributed by atoms with Crippen molar-refractivity contribution >= 4 is 29.0 Å². The highest BCUT2D eigenvalue weighted by atomic mass is 32.1. The normalized spacial score (nSPS) is 15.9. The predicted octanol–water partition coefficient (Wildman–Crippen LogP) is 3.47. The maximum atomic E-state index is 13.4. The van der Waals surface area contributed by atoms with Crippen molar-refractivity contribution in [3.8, 4) is 0 Å².